The van der Waals surface area contributed by atoms with E-state index in [0.717, 1.165) is 88.6 Å². The summed E-state index contributed by atoms with van der Waals surface area (Å²) in [5.74, 6) is 1.96. The molecule has 3 heterocycles. The minimum Gasteiger partial charge on any atom is -0.496 e. The minimum absolute atomic E-state index is 0.0730. The van der Waals surface area contributed by atoms with Gasteiger partial charge in [-0.25, -0.2) is 9.67 Å². The van der Waals surface area contributed by atoms with Gasteiger partial charge in [0, 0.05) is 65.9 Å². The molecule has 3 saturated carbocycles. The van der Waals surface area contributed by atoms with Crippen LogP contribution in [0.1, 0.15) is 56.6 Å². The van der Waals surface area contributed by atoms with E-state index in [2.05, 4.69) is 29.0 Å². The van der Waals surface area contributed by atoms with Crippen LogP contribution in [0, 0.1) is 0 Å². The van der Waals surface area contributed by atoms with Gasteiger partial charge < -0.3 is 24.1 Å². The van der Waals surface area contributed by atoms with Crippen molar-refractivity contribution < 1.29 is 28.8 Å². The minimum atomic E-state index is -0.671. The first kappa shape index (κ1) is 37.3. The van der Waals surface area contributed by atoms with Crippen LogP contribution in [0.2, 0.25) is 5.02 Å². The largest absolute Gasteiger partial charge is 0.496 e. The topological polar surface area (TPSA) is 111 Å². The van der Waals surface area contributed by atoms with Crippen molar-refractivity contribution >= 4 is 29.0 Å². The molecular weight excluding hydrogens is 718 g/mol. The van der Waals surface area contributed by atoms with Crippen molar-refractivity contribution in [2.75, 3.05) is 41.5 Å². The second-order valence-corrected chi connectivity index (χ2v) is 16.2. The van der Waals surface area contributed by atoms with Gasteiger partial charge in [0.15, 0.2) is 0 Å². The van der Waals surface area contributed by atoms with Gasteiger partial charge in [0.1, 0.15) is 17.1 Å². The molecule has 2 aromatic heterocycles. The molecule has 11 nitrogen and oxygen atoms in total. The van der Waals surface area contributed by atoms with E-state index in [9.17, 15) is 9.90 Å². The maximum atomic E-state index is 11.1. The zero-order valence-electron chi connectivity index (χ0n) is 32.1. The van der Waals surface area contributed by atoms with Gasteiger partial charge in [-0.05, 0) is 70.2 Å². The van der Waals surface area contributed by atoms with Crippen molar-refractivity contribution in [3.05, 3.63) is 83.0 Å². The summed E-state index contributed by atoms with van der Waals surface area (Å²) in [4.78, 5) is 20.7. The van der Waals surface area contributed by atoms with Crippen LogP contribution in [-0.4, -0.2) is 94.4 Å². The number of likely N-dealkylation sites (tertiary alicyclic amines) is 1. The Labute approximate surface area is 326 Å². The number of aliphatic hydroxyl groups is 1. The maximum Gasteiger partial charge on any atom is 0.293 e. The highest BCUT2D eigenvalue weighted by Gasteiger charge is 2.51. The van der Waals surface area contributed by atoms with E-state index in [0.29, 0.717) is 55.1 Å². The number of halogens is 1. The van der Waals surface area contributed by atoms with Gasteiger partial charge in [-0.1, -0.05) is 48.0 Å². The van der Waals surface area contributed by atoms with Crippen molar-refractivity contribution in [2.45, 2.75) is 75.3 Å². The first-order valence-corrected chi connectivity index (χ1v) is 19.2. The number of methoxy groups -OCH3 is 3. The molecule has 1 aliphatic heterocycles. The van der Waals surface area contributed by atoms with Crippen LogP contribution in [0.3, 0.4) is 0 Å². The molecule has 5 aromatic rings. The third-order valence-corrected chi connectivity index (χ3v) is 12.7. The number of fused-ring (bicyclic) bond motifs is 4. The summed E-state index contributed by atoms with van der Waals surface area (Å²) in [5.41, 5.74) is 6.10. The third kappa shape index (κ3) is 6.71. The van der Waals surface area contributed by atoms with Crippen LogP contribution >= 0.6 is 11.6 Å². The Bertz CT molecular complexity index is 2200. The van der Waals surface area contributed by atoms with Crippen molar-refractivity contribution in [2.24, 2.45) is 0 Å². The second-order valence-electron chi connectivity index (χ2n) is 15.8. The first-order chi connectivity index (χ1) is 26.5. The lowest BCUT2D eigenvalue weighted by Gasteiger charge is -2.55. The Balaban J connectivity index is 1.07. The molecule has 3 aromatic carbocycles. The molecular formula is C43H48ClN5O6. The van der Waals surface area contributed by atoms with Gasteiger partial charge in [-0.3, -0.25) is 14.6 Å². The number of carbonyl (C=O) groups is 1. The van der Waals surface area contributed by atoms with Crippen LogP contribution in [0.5, 0.6) is 17.4 Å². The lowest BCUT2D eigenvalue weighted by atomic mass is 9.62. The average Bonchev–Trinajstić information content (AvgIpc) is 3.63. The highest BCUT2D eigenvalue weighted by Crippen LogP contribution is 2.51. The Morgan fingerprint density at radius 3 is 2.18 bits per heavy atom. The SMILES string of the molecule is COc1cc(-n2ncc3c(-c4cccc(-c5ccc(CN(C)C67CCC(OC=O)(CC6)CC7)c(OC)n5)c4Cl)cccc32)cc(OC)c1CN1CC(C)(O)C1. The number of hydrogen-bond acceptors (Lipinski definition) is 10. The first-order valence-electron chi connectivity index (χ1n) is 18.8. The van der Waals surface area contributed by atoms with Crippen LogP contribution in [0.25, 0.3) is 39.0 Å². The standard InChI is InChI=1S/C43H48ClN5O6/c1-41(51)25-48(26-41)24-34-37(52-3)20-29(21-38(34)53-4)49-36-11-7-8-30(33(36)22-45-49)31-9-6-10-32(39(31)44)35-13-12-28(40(46-35)54-5)23-47(2)42-14-17-43(18-15-42,19-16-42)55-27-50/h6-13,20-22,27,51H,14-19,23-26H2,1-5H3. The normalized spacial score (nSPS) is 21.7. The summed E-state index contributed by atoms with van der Waals surface area (Å²) in [6, 6.07) is 20.2. The molecule has 0 unspecified atom stereocenters. The monoisotopic (exact) mass is 765 g/mol. The van der Waals surface area contributed by atoms with E-state index in [1.54, 1.807) is 21.3 Å². The quantitative estimate of drug-likeness (QED) is 0.121. The van der Waals surface area contributed by atoms with E-state index < -0.39 is 5.60 Å². The molecule has 0 atom stereocenters. The molecule has 9 rings (SSSR count). The van der Waals surface area contributed by atoms with Gasteiger partial charge in [-0.2, -0.15) is 5.10 Å². The Kier molecular flexibility index (Phi) is 9.78. The zero-order chi connectivity index (χ0) is 38.5. The van der Waals surface area contributed by atoms with Crippen LogP contribution in [-0.2, 0) is 22.6 Å². The molecule has 4 aliphatic rings. The van der Waals surface area contributed by atoms with Gasteiger partial charge in [0.25, 0.3) is 6.47 Å². The Morgan fingerprint density at radius 1 is 0.891 bits per heavy atom. The Morgan fingerprint density at radius 2 is 1.55 bits per heavy atom. The molecule has 1 N–H and O–H groups in total. The summed E-state index contributed by atoms with van der Waals surface area (Å²) < 4.78 is 25.0. The van der Waals surface area contributed by atoms with E-state index in [1.807, 2.05) is 66.3 Å². The van der Waals surface area contributed by atoms with Crippen molar-refractivity contribution in [3.63, 3.8) is 0 Å². The van der Waals surface area contributed by atoms with Crippen LogP contribution < -0.4 is 14.2 Å². The maximum absolute atomic E-state index is 11.1. The molecule has 4 fully saturated rings. The lowest BCUT2D eigenvalue weighted by molar-refractivity contribution is -0.164. The Hall–Kier alpha value is -4.68. The van der Waals surface area contributed by atoms with E-state index in [-0.39, 0.29) is 11.1 Å². The number of β-amino-alcohol motifs (C(OH)–C–C–N with tert-alkyl or cyclic N) is 1. The van der Waals surface area contributed by atoms with Gasteiger partial charge in [0.2, 0.25) is 5.88 Å². The summed E-state index contributed by atoms with van der Waals surface area (Å²) in [7, 11) is 7.15. The predicted molar refractivity (Wildman–Crippen MR) is 212 cm³/mol. The lowest BCUT2D eigenvalue weighted by Crippen LogP contribution is -2.59. The number of hydrogen-bond donors (Lipinski definition) is 1. The third-order valence-electron chi connectivity index (χ3n) is 12.3. The van der Waals surface area contributed by atoms with Gasteiger partial charge >= 0.3 is 0 Å². The molecule has 2 bridgehead atoms. The number of aromatic nitrogens is 3. The number of nitrogens with zero attached hydrogens (tertiary/aromatic N) is 5. The summed E-state index contributed by atoms with van der Waals surface area (Å²) in [5, 5.41) is 16.6. The summed E-state index contributed by atoms with van der Waals surface area (Å²) in [6.45, 7) is 4.94. The predicted octanol–water partition coefficient (Wildman–Crippen LogP) is 7.45. The number of ether oxygens (including phenoxy) is 4. The second kappa shape index (κ2) is 14.4. The molecule has 3 aliphatic carbocycles. The fraction of sp³-hybridized carbons (Fsp3) is 0.419. The smallest absolute Gasteiger partial charge is 0.293 e. The molecule has 288 valence electrons. The fourth-order valence-electron chi connectivity index (χ4n) is 9.25. The van der Waals surface area contributed by atoms with Crippen LogP contribution in [0.4, 0.5) is 0 Å². The number of benzene rings is 3. The van der Waals surface area contributed by atoms with Crippen LogP contribution in [0.15, 0.2) is 66.9 Å². The molecule has 1 saturated heterocycles. The molecule has 0 spiro atoms. The van der Waals surface area contributed by atoms with Gasteiger partial charge in [0.05, 0.1) is 60.6 Å². The number of rotatable bonds is 13. The molecule has 0 amide bonds. The molecule has 12 heteroatoms. The highest BCUT2D eigenvalue weighted by atomic mass is 35.5. The fourth-order valence-corrected chi connectivity index (χ4v) is 9.58. The summed E-state index contributed by atoms with van der Waals surface area (Å²) >= 11 is 7.27. The number of pyridine rings is 1. The average molecular weight is 766 g/mol. The van der Waals surface area contributed by atoms with Crippen molar-refractivity contribution in [1.29, 1.82) is 0 Å². The zero-order valence-corrected chi connectivity index (χ0v) is 32.9. The van der Waals surface area contributed by atoms with Gasteiger partial charge in [-0.15, -0.1) is 0 Å². The van der Waals surface area contributed by atoms with E-state index in [4.69, 9.17) is 40.6 Å². The van der Waals surface area contributed by atoms with E-state index in [1.165, 1.54) is 0 Å². The number of carbonyl (C=O) groups excluding carboxylic acids is 1. The van der Waals surface area contributed by atoms with Crippen molar-refractivity contribution in [1.82, 2.24) is 24.6 Å². The van der Waals surface area contributed by atoms with E-state index >= 15 is 0 Å². The summed E-state index contributed by atoms with van der Waals surface area (Å²) in [6.07, 6.45) is 7.55. The molecule has 55 heavy (non-hydrogen) atoms. The van der Waals surface area contributed by atoms with Crippen molar-refractivity contribution in [3.8, 4) is 45.5 Å². The molecule has 0 radical (unpaired) electrons. The highest BCUT2D eigenvalue weighted by molar-refractivity contribution is 6.36.